The monoisotopic (exact) mass is 271 g/mol. The maximum atomic E-state index is 5.59. The van der Waals surface area contributed by atoms with Crippen molar-refractivity contribution >= 4 is 22.9 Å². The summed E-state index contributed by atoms with van der Waals surface area (Å²) in [5.74, 6) is 0. The highest BCUT2D eigenvalue weighted by atomic mass is 32.1. The second kappa shape index (κ2) is 6.29. The zero-order valence-corrected chi connectivity index (χ0v) is 11.7. The predicted molar refractivity (Wildman–Crippen MR) is 83.5 cm³/mol. The summed E-state index contributed by atoms with van der Waals surface area (Å²) in [5.41, 5.74) is 8.94. The van der Waals surface area contributed by atoms with Crippen molar-refractivity contribution in [2.75, 3.05) is 18.5 Å². The summed E-state index contributed by atoms with van der Waals surface area (Å²) in [6, 6.07) is 12.1. The van der Waals surface area contributed by atoms with Crippen molar-refractivity contribution in [1.82, 2.24) is 4.98 Å². The summed E-state index contributed by atoms with van der Waals surface area (Å²) in [6.07, 6.45) is 4.65. The van der Waals surface area contributed by atoms with Crippen molar-refractivity contribution in [2.24, 2.45) is 5.73 Å². The van der Waals surface area contributed by atoms with Gasteiger partial charge in [-0.3, -0.25) is 4.98 Å². The minimum absolute atomic E-state index is 0.436. The summed E-state index contributed by atoms with van der Waals surface area (Å²) >= 11 is 4.94. The maximum absolute atomic E-state index is 5.59. The van der Waals surface area contributed by atoms with Gasteiger partial charge in [0.2, 0.25) is 0 Å². The molecule has 0 atom stereocenters. The Morgan fingerprint density at radius 2 is 1.79 bits per heavy atom. The van der Waals surface area contributed by atoms with Crippen LogP contribution in [0.5, 0.6) is 0 Å². The molecule has 4 heteroatoms. The fraction of sp³-hybridized carbons (Fsp3) is 0.200. The fourth-order valence-corrected chi connectivity index (χ4v) is 1.99. The number of nitrogens with zero attached hydrogens (tertiary/aromatic N) is 2. The SMILES string of the molecule is CN(CCc1ccncc1)c1ccc(C(N)=S)cc1. The molecule has 0 radical (unpaired) electrons. The van der Waals surface area contributed by atoms with Crippen LogP contribution < -0.4 is 10.6 Å². The van der Waals surface area contributed by atoms with Gasteiger partial charge in [0.05, 0.1) is 0 Å². The summed E-state index contributed by atoms with van der Waals surface area (Å²) in [5, 5.41) is 0. The van der Waals surface area contributed by atoms with Gasteiger partial charge in [0.15, 0.2) is 0 Å². The highest BCUT2D eigenvalue weighted by molar-refractivity contribution is 7.80. The van der Waals surface area contributed by atoms with Crippen molar-refractivity contribution in [3.8, 4) is 0 Å². The van der Waals surface area contributed by atoms with Crippen molar-refractivity contribution in [3.05, 3.63) is 59.9 Å². The number of aromatic nitrogens is 1. The molecule has 0 aliphatic rings. The Morgan fingerprint density at radius 3 is 2.37 bits per heavy atom. The first-order valence-corrected chi connectivity index (χ1v) is 6.57. The third-order valence-electron chi connectivity index (χ3n) is 3.08. The van der Waals surface area contributed by atoms with Crippen LogP contribution in [0.25, 0.3) is 0 Å². The molecule has 1 aromatic carbocycles. The molecule has 2 aromatic rings. The predicted octanol–water partition coefficient (Wildman–Crippen LogP) is 2.39. The van der Waals surface area contributed by atoms with E-state index in [4.69, 9.17) is 18.0 Å². The van der Waals surface area contributed by atoms with E-state index in [1.165, 1.54) is 5.56 Å². The number of hydrogen-bond acceptors (Lipinski definition) is 3. The van der Waals surface area contributed by atoms with Gasteiger partial charge in [0.25, 0.3) is 0 Å². The number of thiocarbonyl (C=S) groups is 1. The molecular formula is C15H17N3S. The van der Waals surface area contributed by atoms with E-state index in [0.717, 1.165) is 24.2 Å². The van der Waals surface area contributed by atoms with Gasteiger partial charge in [-0.2, -0.15) is 0 Å². The number of likely N-dealkylation sites (N-methyl/N-ethyl adjacent to an activating group) is 1. The topological polar surface area (TPSA) is 42.2 Å². The molecule has 98 valence electrons. The number of anilines is 1. The molecule has 0 unspecified atom stereocenters. The quantitative estimate of drug-likeness (QED) is 0.848. The molecule has 0 amide bonds. The first-order chi connectivity index (χ1) is 9.16. The van der Waals surface area contributed by atoms with E-state index in [1.807, 2.05) is 48.8 Å². The molecule has 2 N–H and O–H groups in total. The van der Waals surface area contributed by atoms with Crippen molar-refractivity contribution in [2.45, 2.75) is 6.42 Å². The third kappa shape index (κ3) is 3.76. The zero-order chi connectivity index (χ0) is 13.7. The molecule has 0 fully saturated rings. The third-order valence-corrected chi connectivity index (χ3v) is 3.31. The van der Waals surface area contributed by atoms with Crippen LogP contribution in [-0.2, 0) is 6.42 Å². The Bertz CT molecular complexity index is 537. The van der Waals surface area contributed by atoms with E-state index in [9.17, 15) is 0 Å². The average Bonchev–Trinajstić information content (AvgIpc) is 2.46. The second-order valence-corrected chi connectivity index (χ2v) is 4.88. The van der Waals surface area contributed by atoms with Crippen LogP contribution >= 0.6 is 12.2 Å². The van der Waals surface area contributed by atoms with Crippen molar-refractivity contribution in [1.29, 1.82) is 0 Å². The summed E-state index contributed by atoms with van der Waals surface area (Å²) in [4.78, 5) is 6.67. The van der Waals surface area contributed by atoms with Crippen LogP contribution in [0.4, 0.5) is 5.69 Å². The van der Waals surface area contributed by atoms with Crippen LogP contribution in [0.3, 0.4) is 0 Å². The summed E-state index contributed by atoms with van der Waals surface area (Å²) in [7, 11) is 2.08. The van der Waals surface area contributed by atoms with Crippen LogP contribution in [0, 0.1) is 0 Å². The standard InChI is InChI=1S/C15H17N3S/c1-18(11-8-12-6-9-17-10-7-12)14-4-2-13(3-5-14)15(16)19/h2-7,9-10H,8,11H2,1H3,(H2,16,19). The Morgan fingerprint density at radius 1 is 1.16 bits per heavy atom. The zero-order valence-electron chi connectivity index (χ0n) is 10.9. The van der Waals surface area contributed by atoms with E-state index < -0.39 is 0 Å². The molecule has 0 saturated carbocycles. The maximum Gasteiger partial charge on any atom is 0.103 e. The van der Waals surface area contributed by atoms with E-state index >= 15 is 0 Å². The Kier molecular flexibility index (Phi) is 4.47. The minimum atomic E-state index is 0.436. The average molecular weight is 271 g/mol. The van der Waals surface area contributed by atoms with Gasteiger partial charge >= 0.3 is 0 Å². The molecule has 0 aliphatic heterocycles. The van der Waals surface area contributed by atoms with Crippen LogP contribution in [-0.4, -0.2) is 23.6 Å². The van der Waals surface area contributed by atoms with E-state index in [0.29, 0.717) is 4.99 Å². The first-order valence-electron chi connectivity index (χ1n) is 6.17. The number of rotatable bonds is 5. The Labute approximate surface area is 119 Å². The molecule has 0 aliphatic carbocycles. The number of nitrogens with two attached hydrogens (primary N) is 1. The Hall–Kier alpha value is -1.94. The van der Waals surface area contributed by atoms with Gasteiger partial charge in [-0.15, -0.1) is 0 Å². The number of benzene rings is 1. The van der Waals surface area contributed by atoms with Crippen molar-refractivity contribution in [3.63, 3.8) is 0 Å². The molecule has 3 nitrogen and oxygen atoms in total. The Balaban J connectivity index is 1.96. The number of pyridine rings is 1. The molecule has 19 heavy (non-hydrogen) atoms. The van der Waals surface area contributed by atoms with Gasteiger partial charge in [-0.25, -0.2) is 0 Å². The lowest BCUT2D eigenvalue weighted by atomic mass is 10.1. The highest BCUT2D eigenvalue weighted by Crippen LogP contribution is 2.14. The lowest BCUT2D eigenvalue weighted by Crippen LogP contribution is -2.20. The van der Waals surface area contributed by atoms with E-state index in [2.05, 4.69) is 16.9 Å². The van der Waals surface area contributed by atoms with Gasteiger partial charge < -0.3 is 10.6 Å². The molecule has 0 bridgehead atoms. The van der Waals surface area contributed by atoms with Crippen LogP contribution in [0.1, 0.15) is 11.1 Å². The highest BCUT2D eigenvalue weighted by Gasteiger charge is 2.02. The van der Waals surface area contributed by atoms with Crippen LogP contribution in [0.2, 0.25) is 0 Å². The molecule has 1 heterocycles. The second-order valence-electron chi connectivity index (χ2n) is 4.44. The largest absolute Gasteiger partial charge is 0.389 e. The number of hydrogen-bond donors (Lipinski definition) is 1. The summed E-state index contributed by atoms with van der Waals surface area (Å²) in [6.45, 7) is 0.955. The molecule has 0 saturated heterocycles. The van der Waals surface area contributed by atoms with Gasteiger partial charge in [0.1, 0.15) is 4.99 Å². The minimum Gasteiger partial charge on any atom is -0.389 e. The molecule has 0 spiro atoms. The summed E-state index contributed by atoms with van der Waals surface area (Å²) < 4.78 is 0. The smallest absolute Gasteiger partial charge is 0.103 e. The fourth-order valence-electron chi connectivity index (χ4n) is 1.86. The lowest BCUT2D eigenvalue weighted by molar-refractivity contribution is 0.875. The van der Waals surface area contributed by atoms with E-state index in [-0.39, 0.29) is 0 Å². The van der Waals surface area contributed by atoms with Gasteiger partial charge in [0, 0.05) is 37.2 Å². The molecule has 2 rings (SSSR count). The van der Waals surface area contributed by atoms with Crippen LogP contribution in [0.15, 0.2) is 48.8 Å². The van der Waals surface area contributed by atoms with Gasteiger partial charge in [-0.1, -0.05) is 12.2 Å². The van der Waals surface area contributed by atoms with Gasteiger partial charge in [-0.05, 0) is 48.4 Å². The van der Waals surface area contributed by atoms with E-state index in [1.54, 1.807) is 0 Å². The van der Waals surface area contributed by atoms with Crippen molar-refractivity contribution < 1.29 is 0 Å². The molecular weight excluding hydrogens is 254 g/mol. The lowest BCUT2D eigenvalue weighted by Gasteiger charge is -2.19. The first kappa shape index (κ1) is 13.5. The normalized spacial score (nSPS) is 10.2. The molecule has 1 aromatic heterocycles.